The van der Waals surface area contributed by atoms with Crippen LogP contribution in [0.2, 0.25) is 5.02 Å². The fraction of sp³-hybridized carbons (Fsp3) is 0.429. The van der Waals surface area contributed by atoms with Gasteiger partial charge >= 0.3 is 5.97 Å². The van der Waals surface area contributed by atoms with Crippen LogP contribution in [0.1, 0.15) is 37.0 Å². The predicted octanol–water partition coefficient (Wildman–Crippen LogP) is 2.72. The van der Waals surface area contributed by atoms with Crippen LogP contribution in [0.25, 0.3) is 0 Å². The Labute approximate surface area is 122 Å². The van der Waals surface area contributed by atoms with Crippen molar-refractivity contribution in [2.45, 2.75) is 32.8 Å². The number of carboxylic acids is 1. The average Bonchev–Trinajstić information content (AvgIpc) is 2.38. The van der Waals surface area contributed by atoms with E-state index in [0.717, 1.165) is 12.8 Å². The monoisotopic (exact) mass is 299 g/mol. The first-order valence-corrected chi connectivity index (χ1v) is 6.81. The van der Waals surface area contributed by atoms with Crippen molar-refractivity contribution < 1.29 is 19.4 Å². The second-order valence-corrected chi connectivity index (χ2v) is 4.73. The first kappa shape index (κ1) is 16.3. The molecule has 2 N–H and O–H groups in total. The van der Waals surface area contributed by atoms with E-state index in [1.54, 1.807) is 13.0 Å². The number of aromatic carboxylic acids is 1. The Morgan fingerprint density at radius 2 is 2.15 bits per heavy atom. The molecule has 1 atom stereocenters. The van der Waals surface area contributed by atoms with Crippen molar-refractivity contribution in [2.75, 3.05) is 6.54 Å². The fourth-order valence-electron chi connectivity index (χ4n) is 1.59. The van der Waals surface area contributed by atoms with Crippen molar-refractivity contribution in [1.82, 2.24) is 5.32 Å². The molecule has 0 bridgehead atoms. The highest BCUT2D eigenvalue weighted by Gasteiger charge is 2.20. The highest BCUT2D eigenvalue weighted by atomic mass is 35.5. The van der Waals surface area contributed by atoms with Crippen LogP contribution in [0.5, 0.6) is 5.75 Å². The molecule has 0 radical (unpaired) electrons. The molecule has 1 aromatic carbocycles. The van der Waals surface area contributed by atoms with E-state index in [-0.39, 0.29) is 22.2 Å². The number of ether oxygens (including phenoxy) is 1. The molecule has 110 valence electrons. The van der Waals surface area contributed by atoms with E-state index in [4.69, 9.17) is 21.4 Å². The number of benzene rings is 1. The molecular weight excluding hydrogens is 282 g/mol. The van der Waals surface area contributed by atoms with Gasteiger partial charge in [-0.05, 0) is 25.5 Å². The average molecular weight is 300 g/mol. The first-order chi connectivity index (χ1) is 9.47. The number of carboxylic acid groups (broad SMARTS) is 1. The van der Waals surface area contributed by atoms with Crippen LogP contribution in [-0.2, 0) is 4.79 Å². The summed E-state index contributed by atoms with van der Waals surface area (Å²) >= 11 is 5.83. The molecule has 0 aliphatic carbocycles. The fourth-order valence-corrected chi connectivity index (χ4v) is 1.83. The summed E-state index contributed by atoms with van der Waals surface area (Å²) in [5.41, 5.74) is -0.137. The number of carbonyl (C=O) groups excluding carboxylic acids is 1. The summed E-state index contributed by atoms with van der Waals surface area (Å²) in [6.07, 6.45) is 1.08. The van der Waals surface area contributed by atoms with Gasteiger partial charge in [0.2, 0.25) is 0 Å². The molecule has 6 heteroatoms. The van der Waals surface area contributed by atoms with Crippen LogP contribution in [-0.4, -0.2) is 29.6 Å². The number of unbranched alkanes of at least 4 members (excludes halogenated alkanes) is 1. The van der Waals surface area contributed by atoms with Crippen molar-refractivity contribution in [3.63, 3.8) is 0 Å². The normalized spacial score (nSPS) is 11.8. The third kappa shape index (κ3) is 4.42. The first-order valence-electron chi connectivity index (χ1n) is 6.43. The molecule has 0 aliphatic rings. The van der Waals surface area contributed by atoms with Crippen molar-refractivity contribution in [1.29, 1.82) is 0 Å². The summed E-state index contributed by atoms with van der Waals surface area (Å²) in [4.78, 5) is 22.9. The zero-order valence-corrected chi connectivity index (χ0v) is 12.2. The molecule has 0 aromatic heterocycles. The van der Waals surface area contributed by atoms with Gasteiger partial charge in [-0.1, -0.05) is 31.0 Å². The van der Waals surface area contributed by atoms with Gasteiger partial charge in [-0.25, -0.2) is 4.79 Å². The number of amides is 1. The van der Waals surface area contributed by atoms with Crippen molar-refractivity contribution in [3.8, 4) is 5.75 Å². The third-order valence-corrected chi connectivity index (χ3v) is 3.01. The second-order valence-electron chi connectivity index (χ2n) is 4.32. The van der Waals surface area contributed by atoms with Gasteiger partial charge in [0.25, 0.3) is 5.91 Å². The number of hydrogen-bond donors (Lipinski definition) is 2. The van der Waals surface area contributed by atoms with E-state index >= 15 is 0 Å². The van der Waals surface area contributed by atoms with Crippen LogP contribution >= 0.6 is 11.6 Å². The number of hydrogen-bond acceptors (Lipinski definition) is 3. The van der Waals surface area contributed by atoms with Gasteiger partial charge in [0.1, 0.15) is 11.3 Å². The lowest BCUT2D eigenvalue weighted by Crippen LogP contribution is -2.37. The minimum Gasteiger partial charge on any atom is -0.480 e. The summed E-state index contributed by atoms with van der Waals surface area (Å²) in [6.45, 7) is 4.16. The highest BCUT2D eigenvalue weighted by Crippen LogP contribution is 2.27. The Balaban J connectivity index is 2.75. The largest absolute Gasteiger partial charge is 0.480 e. The van der Waals surface area contributed by atoms with Gasteiger partial charge in [0, 0.05) is 6.54 Å². The lowest BCUT2D eigenvalue weighted by molar-refractivity contribution is -0.127. The minimum atomic E-state index is -1.19. The topological polar surface area (TPSA) is 75.6 Å². The Hall–Kier alpha value is -1.75. The van der Waals surface area contributed by atoms with Gasteiger partial charge in [0.05, 0.1) is 5.02 Å². The van der Waals surface area contributed by atoms with Crippen LogP contribution in [0.3, 0.4) is 0 Å². The molecule has 1 rings (SSSR count). The number of halogens is 1. The summed E-state index contributed by atoms with van der Waals surface area (Å²) in [5.74, 6) is -1.39. The van der Waals surface area contributed by atoms with Crippen LogP contribution in [0, 0.1) is 0 Å². The predicted molar refractivity (Wildman–Crippen MR) is 76.4 cm³/mol. The summed E-state index contributed by atoms with van der Waals surface area (Å²) < 4.78 is 5.40. The van der Waals surface area contributed by atoms with E-state index in [2.05, 4.69) is 5.32 Å². The summed E-state index contributed by atoms with van der Waals surface area (Å²) in [6, 6.07) is 4.51. The second kappa shape index (κ2) is 7.75. The quantitative estimate of drug-likeness (QED) is 0.759. The van der Waals surface area contributed by atoms with E-state index < -0.39 is 12.1 Å². The lowest BCUT2D eigenvalue weighted by Gasteiger charge is -2.16. The lowest BCUT2D eigenvalue weighted by atomic mass is 10.2. The maximum absolute atomic E-state index is 11.8. The molecule has 0 fully saturated rings. The van der Waals surface area contributed by atoms with E-state index in [1.807, 2.05) is 6.92 Å². The Morgan fingerprint density at radius 1 is 1.45 bits per heavy atom. The standard InChI is InChI=1S/C14H18ClNO4/c1-3-4-8-16-13(17)9(2)20-11-7-5-6-10(15)12(11)14(18)19/h5-7,9H,3-4,8H2,1-2H3,(H,16,17)(H,18,19). The summed E-state index contributed by atoms with van der Waals surface area (Å²) in [5, 5.41) is 11.9. The molecule has 0 saturated carbocycles. The Morgan fingerprint density at radius 3 is 2.75 bits per heavy atom. The zero-order valence-electron chi connectivity index (χ0n) is 11.5. The molecule has 0 aliphatic heterocycles. The molecule has 0 spiro atoms. The van der Waals surface area contributed by atoms with Gasteiger partial charge < -0.3 is 15.2 Å². The molecule has 5 nitrogen and oxygen atoms in total. The maximum atomic E-state index is 11.8. The van der Waals surface area contributed by atoms with Crippen molar-refractivity contribution >= 4 is 23.5 Å². The Kier molecular flexibility index (Phi) is 6.31. The highest BCUT2D eigenvalue weighted by molar-refractivity contribution is 6.33. The van der Waals surface area contributed by atoms with Crippen molar-refractivity contribution in [3.05, 3.63) is 28.8 Å². The third-order valence-electron chi connectivity index (χ3n) is 2.69. The molecular formula is C14H18ClNO4. The van der Waals surface area contributed by atoms with Gasteiger partial charge in [-0.2, -0.15) is 0 Å². The van der Waals surface area contributed by atoms with Crippen LogP contribution in [0.4, 0.5) is 0 Å². The van der Waals surface area contributed by atoms with Crippen LogP contribution < -0.4 is 10.1 Å². The molecule has 0 heterocycles. The summed E-state index contributed by atoms with van der Waals surface area (Å²) in [7, 11) is 0. The van der Waals surface area contributed by atoms with E-state index in [9.17, 15) is 9.59 Å². The zero-order chi connectivity index (χ0) is 15.1. The smallest absolute Gasteiger partial charge is 0.341 e. The maximum Gasteiger partial charge on any atom is 0.341 e. The molecule has 1 aromatic rings. The number of rotatable bonds is 7. The Bertz CT molecular complexity index is 490. The molecule has 20 heavy (non-hydrogen) atoms. The van der Waals surface area contributed by atoms with E-state index in [1.165, 1.54) is 12.1 Å². The van der Waals surface area contributed by atoms with Crippen molar-refractivity contribution in [2.24, 2.45) is 0 Å². The van der Waals surface area contributed by atoms with E-state index in [0.29, 0.717) is 6.54 Å². The number of nitrogens with one attached hydrogen (secondary N) is 1. The van der Waals surface area contributed by atoms with Gasteiger partial charge in [0.15, 0.2) is 6.10 Å². The number of carbonyl (C=O) groups is 2. The van der Waals surface area contributed by atoms with Crippen LogP contribution in [0.15, 0.2) is 18.2 Å². The van der Waals surface area contributed by atoms with Gasteiger partial charge in [-0.3, -0.25) is 4.79 Å². The van der Waals surface area contributed by atoms with Gasteiger partial charge in [-0.15, -0.1) is 0 Å². The molecule has 1 amide bonds. The molecule has 0 saturated heterocycles. The minimum absolute atomic E-state index is 0.0774. The molecule has 1 unspecified atom stereocenters. The SMILES string of the molecule is CCCCNC(=O)C(C)Oc1cccc(Cl)c1C(=O)O.